The molecule has 2 heterocycles. The molecule has 0 saturated carbocycles. The predicted octanol–water partition coefficient (Wildman–Crippen LogP) is 0.371. The molecule has 0 N–H and O–H groups in total. The largest absolute Gasteiger partial charge is 0.348 e. The lowest BCUT2D eigenvalue weighted by molar-refractivity contribution is -0.127. The van der Waals surface area contributed by atoms with Crippen molar-refractivity contribution < 1.29 is 4.79 Å². The summed E-state index contributed by atoms with van der Waals surface area (Å²) in [7, 11) is 5.29. The number of aromatic nitrogens is 4. The van der Waals surface area contributed by atoms with Crippen LogP contribution < -0.4 is 4.90 Å². The van der Waals surface area contributed by atoms with Crippen molar-refractivity contribution in [2.75, 3.05) is 32.6 Å². The molecule has 0 aliphatic heterocycles. The number of rotatable bonds is 4. The summed E-state index contributed by atoms with van der Waals surface area (Å²) in [6.07, 6.45) is 3.24. The molecular weight excluding hydrogens is 244 g/mol. The molecule has 2 aromatic rings. The zero-order chi connectivity index (χ0) is 14.0. The van der Waals surface area contributed by atoms with Gasteiger partial charge in [0.15, 0.2) is 17.0 Å². The Bertz CT molecular complexity index is 591. The summed E-state index contributed by atoms with van der Waals surface area (Å²) in [6, 6.07) is 0. The lowest BCUT2D eigenvalue weighted by Gasteiger charge is -2.19. The number of aryl methyl sites for hydroxylation is 1. The van der Waals surface area contributed by atoms with Crippen LogP contribution in [-0.4, -0.2) is 58.0 Å². The van der Waals surface area contributed by atoms with Crippen LogP contribution in [0.2, 0.25) is 0 Å². The molecule has 19 heavy (non-hydrogen) atoms. The Hall–Kier alpha value is -2.18. The van der Waals surface area contributed by atoms with Crippen LogP contribution in [0.3, 0.4) is 0 Å². The van der Waals surface area contributed by atoms with Gasteiger partial charge in [0.05, 0.1) is 12.9 Å². The van der Waals surface area contributed by atoms with E-state index in [1.54, 1.807) is 30.2 Å². The summed E-state index contributed by atoms with van der Waals surface area (Å²) in [5, 5.41) is 0. The molecule has 102 valence electrons. The van der Waals surface area contributed by atoms with Gasteiger partial charge in [-0.1, -0.05) is 0 Å². The number of hydrogen-bond acceptors (Lipinski definition) is 5. The third kappa shape index (κ3) is 2.49. The summed E-state index contributed by atoms with van der Waals surface area (Å²) in [5.41, 5.74) is 1.51. The van der Waals surface area contributed by atoms with E-state index in [4.69, 9.17) is 0 Å². The second-order valence-corrected chi connectivity index (χ2v) is 4.54. The standard InChI is InChI=1S/C12H18N6O/c1-5-18-8-15-10-11(13-7-14-12(10)18)17(4)6-9(19)16(2)3/h7-8H,5-6H2,1-4H3. The van der Waals surface area contributed by atoms with Gasteiger partial charge in [0.2, 0.25) is 5.91 Å². The molecule has 1 amide bonds. The number of carbonyl (C=O) groups excluding carboxylic acids is 1. The molecule has 0 aliphatic carbocycles. The Balaban J connectivity index is 2.34. The van der Waals surface area contributed by atoms with Crippen LogP contribution in [0, 0.1) is 0 Å². The van der Waals surface area contributed by atoms with Gasteiger partial charge in [-0.2, -0.15) is 0 Å². The average Bonchev–Trinajstić information content (AvgIpc) is 2.81. The molecule has 0 aliphatic rings. The number of likely N-dealkylation sites (N-methyl/N-ethyl adjacent to an activating group) is 2. The molecule has 2 aromatic heterocycles. The van der Waals surface area contributed by atoms with Crippen molar-refractivity contribution in [1.82, 2.24) is 24.4 Å². The Kier molecular flexibility index (Phi) is 3.64. The molecule has 0 bridgehead atoms. The minimum atomic E-state index is 0.0178. The molecule has 0 radical (unpaired) electrons. The van der Waals surface area contributed by atoms with Crippen molar-refractivity contribution >= 4 is 22.9 Å². The third-order valence-electron chi connectivity index (χ3n) is 2.96. The van der Waals surface area contributed by atoms with Crippen LogP contribution in [-0.2, 0) is 11.3 Å². The van der Waals surface area contributed by atoms with E-state index in [-0.39, 0.29) is 12.5 Å². The molecule has 7 heteroatoms. The predicted molar refractivity (Wildman–Crippen MR) is 73.0 cm³/mol. The highest BCUT2D eigenvalue weighted by atomic mass is 16.2. The van der Waals surface area contributed by atoms with Gasteiger partial charge in [0, 0.05) is 27.7 Å². The fraction of sp³-hybridized carbons (Fsp3) is 0.500. The number of amides is 1. The van der Waals surface area contributed by atoms with E-state index in [1.807, 2.05) is 18.5 Å². The summed E-state index contributed by atoms with van der Waals surface area (Å²) >= 11 is 0. The number of hydrogen-bond donors (Lipinski definition) is 0. The second kappa shape index (κ2) is 5.21. The first kappa shape index (κ1) is 13.3. The van der Waals surface area contributed by atoms with Crippen molar-refractivity contribution in [2.24, 2.45) is 0 Å². The molecular formula is C12H18N6O. The van der Waals surface area contributed by atoms with E-state index in [9.17, 15) is 4.79 Å². The van der Waals surface area contributed by atoms with Crippen LogP contribution in [0.4, 0.5) is 5.82 Å². The number of carbonyl (C=O) groups is 1. The first-order chi connectivity index (χ1) is 9.04. The van der Waals surface area contributed by atoms with Crippen molar-refractivity contribution in [3.8, 4) is 0 Å². The Labute approximate surface area is 111 Å². The van der Waals surface area contributed by atoms with Gasteiger partial charge < -0.3 is 14.4 Å². The summed E-state index contributed by atoms with van der Waals surface area (Å²) in [6.45, 7) is 3.09. The first-order valence-corrected chi connectivity index (χ1v) is 6.11. The van der Waals surface area contributed by atoms with Crippen LogP contribution in [0.25, 0.3) is 11.2 Å². The fourth-order valence-corrected chi connectivity index (χ4v) is 1.80. The number of imidazole rings is 1. The second-order valence-electron chi connectivity index (χ2n) is 4.54. The Morgan fingerprint density at radius 2 is 2.00 bits per heavy atom. The maximum absolute atomic E-state index is 11.7. The van der Waals surface area contributed by atoms with Crippen molar-refractivity contribution in [3.63, 3.8) is 0 Å². The van der Waals surface area contributed by atoms with Crippen molar-refractivity contribution in [1.29, 1.82) is 0 Å². The van der Waals surface area contributed by atoms with E-state index in [1.165, 1.54) is 6.33 Å². The molecule has 0 fully saturated rings. The monoisotopic (exact) mass is 262 g/mol. The molecule has 7 nitrogen and oxygen atoms in total. The number of nitrogens with zero attached hydrogens (tertiary/aromatic N) is 6. The molecule has 0 spiro atoms. The van der Waals surface area contributed by atoms with Gasteiger partial charge in [0.25, 0.3) is 0 Å². The topological polar surface area (TPSA) is 67.2 Å². The lowest BCUT2D eigenvalue weighted by atomic mass is 10.4. The molecule has 0 unspecified atom stereocenters. The average molecular weight is 262 g/mol. The maximum atomic E-state index is 11.7. The molecule has 2 rings (SSSR count). The van der Waals surface area contributed by atoms with Gasteiger partial charge in [-0.15, -0.1) is 0 Å². The molecule has 0 saturated heterocycles. The fourth-order valence-electron chi connectivity index (χ4n) is 1.80. The smallest absolute Gasteiger partial charge is 0.241 e. The van der Waals surface area contributed by atoms with Crippen LogP contribution >= 0.6 is 0 Å². The highest BCUT2D eigenvalue weighted by Crippen LogP contribution is 2.20. The Morgan fingerprint density at radius 1 is 1.26 bits per heavy atom. The summed E-state index contributed by atoms with van der Waals surface area (Å²) in [5.74, 6) is 0.691. The van der Waals surface area contributed by atoms with Gasteiger partial charge >= 0.3 is 0 Å². The van der Waals surface area contributed by atoms with Crippen molar-refractivity contribution in [3.05, 3.63) is 12.7 Å². The minimum absolute atomic E-state index is 0.0178. The van der Waals surface area contributed by atoms with Gasteiger partial charge in [-0.3, -0.25) is 4.79 Å². The zero-order valence-corrected chi connectivity index (χ0v) is 11.7. The van der Waals surface area contributed by atoms with Gasteiger partial charge in [-0.05, 0) is 6.92 Å². The van der Waals surface area contributed by atoms with Crippen LogP contribution in [0.5, 0.6) is 0 Å². The molecule has 0 atom stereocenters. The SMILES string of the molecule is CCn1cnc2c(N(C)CC(=O)N(C)C)ncnc21. The quantitative estimate of drug-likeness (QED) is 0.796. The third-order valence-corrected chi connectivity index (χ3v) is 2.96. The van der Waals surface area contributed by atoms with E-state index in [0.29, 0.717) is 5.82 Å². The number of anilines is 1. The van der Waals surface area contributed by atoms with E-state index in [0.717, 1.165) is 17.7 Å². The zero-order valence-electron chi connectivity index (χ0n) is 11.7. The van der Waals surface area contributed by atoms with Crippen LogP contribution in [0.1, 0.15) is 6.92 Å². The highest BCUT2D eigenvalue weighted by Gasteiger charge is 2.15. The van der Waals surface area contributed by atoms with E-state index < -0.39 is 0 Å². The summed E-state index contributed by atoms with van der Waals surface area (Å²) < 4.78 is 1.95. The highest BCUT2D eigenvalue weighted by molar-refractivity contribution is 5.87. The number of fused-ring (bicyclic) bond motifs is 1. The van der Waals surface area contributed by atoms with Gasteiger partial charge in [-0.25, -0.2) is 15.0 Å². The maximum Gasteiger partial charge on any atom is 0.241 e. The van der Waals surface area contributed by atoms with Gasteiger partial charge in [0.1, 0.15) is 6.33 Å². The Morgan fingerprint density at radius 3 is 2.63 bits per heavy atom. The minimum Gasteiger partial charge on any atom is -0.348 e. The van der Waals surface area contributed by atoms with Crippen molar-refractivity contribution in [2.45, 2.75) is 13.5 Å². The lowest BCUT2D eigenvalue weighted by Crippen LogP contribution is -2.34. The van der Waals surface area contributed by atoms with E-state index >= 15 is 0 Å². The van der Waals surface area contributed by atoms with Crippen LogP contribution in [0.15, 0.2) is 12.7 Å². The summed E-state index contributed by atoms with van der Waals surface area (Å²) in [4.78, 5) is 27.9. The first-order valence-electron chi connectivity index (χ1n) is 6.11. The molecule has 0 aromatic carbocycles. The normalized spacial score (nSPS) is 10.7. The van der Waals surface area contributed by atoms with E-state index in [2.05, 4.69) is 15.0 Å².